The van der Waals surface area contributed by atoms with Gasteiger partial charge >= 0.3 is 5.97 Å². The lowest BCUT2D eigenvalue weighted by Gasteiger charge is -2.20. The summed E-state index contributed by atoms with van der Waals surface area (Å²) in [5.41, 5.74) is 0.218. The van der Waals surface area contributed by atoms with E-state index in [1.165, 1.54) is 0 Å². The normalized spacial score (nSPS) is 20.4. The Morgan fingerprint density at radius 2 is 2.11 bits per heavy atom. The average molecular weight is 263 g/mol. The van der Waals surface area contributed by atoms with Crippen LogP contribution in [0.5, 0.6) is 0 Å². The molecule has 2 rings (SSSR count). The number of carboxylic acid groups (broad SMARTS) is 1. The highest BCUT2D eigenvalue weighted by molar-refractivity contribution is 5.86. The summed E-state index contributed by atoms with van der Waals surface area (Å²) in [5.74, 6) is -1.83. The van der Waals surface area contributed by atoms with Crippen molar-refractivity contribution in [2.75, 3.05) is 6.54 Å². The van der Waals surface area contributed by atoms with Gasteiger partial charge in [-0.3, -0.25) is 4.79 Å². The van der Waals surface area contributed by atoms with Gasteiger partial charge in [-0.1, -0.05) is 24.3 Å². The van der Waals surface area contributed by atoms with Crippen LogP contribution in [0, 0.1) is 0 Å². The van der Waals surface area contributed by atoms with Crippen molar-refractivity contribution in [2.24, 2.45) is 0 Å². The van der Waals surface area contributed by atoms with Crippen LogP contribution < -0.4 is 5.32 Å². The highest BCUT2D eigenvalue weighted by Crippen LogP contribution is 2.32. The molecule has 2 atom stereocenters. The Morgan fingerprint density at radius 3 is 2.79 bits per heavy atom. The van der Waals surface area contributed by atoms with Crippen LogP contribution in [0.1, 0.15) is 30.4 Å². The smallest absolute Gasteiger partial charge is 0.337 e. The number of hydrogen-bond donors (Lipinski definition) is 3. The lowest BCUT2D eigenvalue weighted by molar-refractivity contribution is -0.156. The molecule has 5 nitrogen and oxygen atoms in total. The highest BCUT2D eigenvalue weighted by Gasteiger charge is 2.33. The van der Waals surface area contributed by atoms with Crippen LogP contribution in [0.25, 0.3) is 0 Å². The topological polar surface area (TPSA) is 86.6 Å². The monoisotopic (exact) mass is 263 g/mol. The van der Waals surface area contributed by atoms with Crippen molar-refractivity contribution in [2.45, 2.75) is 31.3 Å². The number of aryl methyl sites for hydroxylation is 1. The minimum atomic E-state index is -1.94. The fourth-order valence-corrected chi connectivity index (χ4v) is 2.29. The van der Waals surface area contributed by atoms with E-state index in [-0.39, 0.29) is 18.4 Å². The van der Waals surface area contributed by atoms with Gasteiger partial charge in [-0.05, 0) is 30.9 Å². The summed E-state index contributed by atoms with van der Waals surface area (Å²) < 4.78 is 0. The van der Waals surface area contributed by atoms with Crippen molar-refractivity contribution >= 4 is 11.9 Å². The van der Waals surface area contributed by atoms with Gasteiger partial charge in [0.15, 0.2) is 5.60 Å². The molecule has 1 aliphatic rings. The van der Waals surface area contributed by atoms with Crippen LogP contribution in [0.4, 0.5) is 0 Å². The Kier molecular flexibility index (Phi) is 3.57. The lowest BCUT2D eigenvalue weighted by Crippen LogP contribution is -2.47. The molecule has 0 saturated heterocycles. The molecule has 1 aromatic carbocycles. The number of aliphatic hydroxyl groups is 1. The number of nitrogens with one attached hydrogen (secondary N) is 1. The van der Waals surface area contributed by atoms with Gasteiger partial charge in [0.05, 0.1) is 12.5 Å². The zero-order valence-electron chi connectivity index (χ0n) is 10.7. The molecule has 1 aromatic rings. The molecule has 0 fully saturated rings. The third-order valence-electron chi connectivity index (χ3n) is 3.52. The number of rotatable bonds is 4. The summed E-state index contributed by atoms with van der Waals surface area (Å²) in [7, 11) is 0. The fourth-order valence-electron chi connectivity index (χ4n) is 2.29. The van der Waals surface area contributed by atoms with E-state index in [4.69, 9.17) is 5.11 Å². The molecule has 0 aromatic heterocycles. The molecule has 3 N–H and O–H groups in total. The average Bonchev–Trinajstić information content (AvgIpc) is 2.79. The molecule has 0 heterocycles. The predicted molar refractivity (Wildman–Crippen MR) is 68.8 cm³/mol. The van der Waals surface area contributed by atoms with E-state index in [2.05, 4.69) is 5.32 Å². The first-order valence-electron chi connectivity index (χ1n) is 6.23. The second kappa shape index (κ2) is 5.01. The van der Waals surface area contributed by atoms with Gasteiger partial charge in [0.2, 0.25) is 5.91 Å². The van der Waals surface area contributed by atoms with Crippen molar-refractivity contribution in [1.29, 1.82) is 0 Å². The molecule has 0 radical (unpaired) electrons. The van der Waals surface area contributed by atoms with Crippen LogP contribution in [0.15, 0.2) is 24.3 Å². The zero-order valence-corrected chi connectivity index (χ0v) is 10.7. The Morgan fingerprint density at radius 1 is 1.42 bits per heavy atom. The third kappa shape index (κ3) is 2.76. The first-order valence-corrected chi connectivity index (χ1v) is 6.23. The Hall–Kier alpha value is -1.88. The fraction of sp³-hybridized carbons (Fsp3) is 0.429. The number of aliphatic carboxylic acids is 1. The first-order chi connectivity index (χ1) is 8.92. The number of hydrogen-bond acceptors (Lipinski definition) is 3. The van der Waals surface area contributed by atoms with Crippen molar-refractivity contribution in [1.82, 2.24) is 5.32 Å². The molecule has 2 unspecified atom stereocenters. The highest BCUT2D eigenvalue weighted by atomic mass is 16.4. The molecule has 1 aliphatic carbocycles. The molecular formula is C14H17NO4. The van der Waals surface area contributed by atoms with Gasteiger partial charge in [0.25, 0.3) is 0 Å². The summed E-state index contributed by atoms with van der Waals surface area (Å²) in [6.45, 7) is 0.873. The van der Waals surface area contributed by atoms with Crippen LogP contribution in [0.2, 0.25) is 0 Å². The van der Waals surface area contributed by atoms with Crippen molar-refractivity contribution in [3.05, 3.63) is 35.4 Å². The van der Waals surface area contributed by atoms with Crippen LogP contribution >= 0.6 is 0 Å². The molecule has 0 aliphatic heterocycles. The summed E-state index contributed by atoms with van der Waals surface area (Å²) in [6, 6.07) is 7.74. The standard InChI is InChI=1S/C14H17NO4/c1-14(19,13(17)18)8-15-12(16)11-7-6-9-4-2-3-5-10(9)11/h2-5,11,19H,6-8H2,1H3,(H,15,16)(H,17,18). The third-order valence-corrected chi connectivity index (χ3v) is 3.52. The first kappa shape index (κ1) is 13.5. The predicted octanol–water partition coefficient (Wildman–Crippen LogP) is 0.668. The number of amides is 1. The molecule has 1 amide bonds. The number of fused-ring (bicyclic) bond motifs is 1. The van der Waals surface area contributed by atoms with Crippen molar-refractivity contribution < 1.29 is 19.8 Å². The van der Waals surface area contributed by atoms with Crippen LogP contribution in [-0.2, 0) is 16.0 Å². The maximum atomic E-state index is 12.1. The largest absolute Gasteiger partial charge is 0.479 e. The second-order valence-corrected chi connectivity index (χ2v) is 5.09. The molecule has 5 heteroatoms. The number of carbonyl (C=O) groups is 2. The summed E-state index contributed by atoms with van der Waals surface area (Å²) in [4.78, 5) is 22.8. The van der Waals surface area contributed by atoms with Crippen LogP contribution in [-0.4, -0.2) is 34.2 Å². The van der Waals surface area contributed by atoms with Gasteiger partial charge < -0.3 is 15.5 Å². The Labute approximate surface area is 111 Å². The maximum absolute atomic E-state index is 12.1. The molecule has 0 spiro atoms. The Balaban J connectivity index is 2.01. The van der Waals surface area contributed by atoms with Crippen LogP contribution in [0.3, 0.4) is 0 Å². The maximum Gasteiger partial charge on any atom is 0.337 e. The minimum Gasteiger partial charge on any atom is -0.479 e. The molecule has 19 heavy (non-hydrogen) atoms. The number of carbonyl (C=O) groups excluding carboxylic acids is 1. The SMILES string of the molecule is CC(O)(CNC(=O)C1CCc2ccccc21)C(=O)O. The van der Waals surface area contributed by atoms with E-state index in [1.807, 2.05) is 24.3 Å². The van der Waals surface area contributed by atoms with Gasteiger partial charge in [-0.25, -0.2) is 4.79 Å². The van der Waals surface area contributed by atoms with E-state index >= 15 is 0 Å². The van der Waals surface area contributed by atoms with Crippen molar-refractivity contribution in [3.63, 3.8) is 0 Å². The zero-order chi connectivity index (χ0) is 14.0. The number of carboxylic acids is 1. The summed E-state index contributed by atoms with van der Waals surface area (Å²) in [5, 5.41) is 20.9. The molecular weight excluding hydrogens is 246 g/mol. The van der Waals surface area contributed by atoms with E-state index < -0.39 is 11.6 Å². The lowest BCUT2D eigenvalue weighted by atomic mass is 10.00. The second-order valence-electron chi connectivity index (χ2n) is 5.09. The van der Waals surface area contributed by atoms with E-state index in [0.717, 1.165) is 30.9 Å². The Bertz CT molecular complexity index is 510. The molecule has 0 bridgehead atoms. The van der Waals surface area contributed by atoms with Gasteiger partial charge in [0, 0.05) is 0 Å². The van der Waals surface area contributed by atoms with Gasteiger partial charge in [-0.2, -0.15) is 0 Å². The van der Waals surface area contributed by atoms with Crippen molar-refractivity contribution in [3.8, 4) is 0 Å². The van der Waals surface area contributed by atoms with Gasteiger partial charge in [0.1, 0.15) is 0 Å². The molecule has 0 saturated carbocycles. The number of benzene rings is 1. The van der Waals surface area contributed by atoms with E-state index in [0.29, 0.717) is 0 Å². The molecule has 102 valence electrons. The minimum absolute atomic E-state index is 0.230. The van der Waals surface area contributed by atoms with Gasteiger partial charge in [-0.15, -0.1) is 0 Å². The summed E-state index contributed by atoms with van der Waals surface area (Å²) >= 11 is 0. The summed E-state index contributed by atoms with van der Waals surface area (Å²) in [6.07, 6.45) is 1.57. The van der Waals surface area contributed by atoms with E-state index in [1.54, 1.807) is 0 Å². The van der Waals surface area contributed by atoms with E-state index in [9.17, 15) is 14.7 Å². The quantitative estimate of drug-likeness (QED) is 0.745.